The monoisotopic (exact) mass is 322 g/mol. The summed E-state index contributed by atoms with van der Waals surface area (Å²) in [6, 6.07) is 2.41. The van der Waals surface area contributed by atoms with Crippen LogP contribution >= 0.6 is 23.2 Å². The first-order valence-corrected chi connectivity index (χ1v) is 8.28. The molecule has 1 unspecified atom stereocenters. The average Bonchev–Trinajstić information content (AvgIpc) is 2.26. The van der Waals surface area contributed by atoms with E-state index < -0.39 is 15.7 Å². The van der Waals surface area contributed by atoms with Crippen molar-refractivity contribution in [3.8, 4) is 0 Å². The highest BCUT2D eigenvalue weighted by atomic mass is 35.5. The van der Waals surface area contributed by atoms with Gasteiger partial charge in [0.25, 0.3) is 5.91 Å². The lowest BCUT2D eigenvalue weighted by molar-refractivity contribution is 0.0938. The Morgan fingerprint density at radius 2 is 1.95 bits per heavy atom. The van der Waals surface area contributed by atoms with Crippen molar-refractivity contribution in [3.63, 3.8) is 0 Å². The van der Waals surface area contributed by atoms with Crippen LogP contribution in [0, 0.1) is 0 Å². The van der Waals surface area contributed by atoms with E-state index in [1.165, 1.54) is 12.1 Å². The fourth-order valence-corrected chi connectivity index (χ4v) is 4.10. The molecule has 0 spiro atoms. The van der Waals surface area contributed by atoms with Crippen molar-refractivity contribution in [2.24, 2.45) is 0 Å². The molecule has 0 bridgehead atoms. The van der Waals surface area contributed by atoms with Gasteiger partial charge in [-0.1, -0.05) is 23.2 Å². The third-order valence-corrected chi connectivity index (χ3v) is 5.03. The van der Waals surface area contributed by atoms with Crippen molar-refractivity contribution in [1.82, 2.24) is 10.3 Å². The van der Waals surface area contributed by atoms with E-state index in [1.54, 1.807) is 0 Å². The molecule has 1 N–H and O–H groups in total. The largest absolute Gasteiger partial charge is 0.348 e. The number of carbonyl (C=O) groups excluding carboxylic acids is 1. The molecule has 0 aliphatic carbocycles. The predicted molar refractivity (Wildman–Crippen MR) is 73.4 cm³/mol. The molecule has 1 amide bonds. The Labute approximate surface area is 121 Å². The molecule has 1 aliphatic heterocycles. The average molecular weight is 323 g/mol. The number of hydrogen-bond donors (Lipinski definition) is 1. The minimum Gasteiger partial charge on any atom is -0.348 e. The zero-order chi connectivity index (χ0) is 14.0. The topological polar surface area (TPSA) is 76.1 Å². The van der Waals surface area contributed by atoms with Crippen molar-refractivity contribution in [1.29, 1.82) is 0 Å². The van der Waals surface area contributed by atoms with Crippen LogP contribution in [-0.2, 0) is 9.84 Å². The van der Waals surface area contributed by atoms with Gasteiger partial charge in [0.05, 0.1) is 11.5 Å². The predicted octanol–water partition coefficient (Wildman–Crippen LogP) is 1.70. The van der Waals surface area contributed by atoms with Crippen molar-refractivity contribution in [3.05, 3.63) is 28.0 Å². The van der Waals surface area contributed by atoms with Gasteiger partial charge in [-0.05, 0) is 25.0 Å². The zero-order valence-electron chi connectivity index (χ0n) is 9.90. The molecule has 1 aromatic rings. The molecule has 0 radical (unpaired) electrons. The van der Waals surface area contributed by atoms with E-state index in [-0.39, 0.29) is 33.4 Å². The number of rotatable bonds is 2. The van der Waals surface area contributed by atoms with Crippen LogP contribution in [0.25, 0.3) is 0 Å². The minimum absolute atomic E-state index is 0.0225. The summed E-state index contributed by atoms with van der Waals surface area (Å²) in [6.07, 6.45) is 1.21. The summed E-state index contributed by atoms with van der Waals surface area (Å²) >= 11 is 11.4. The van der Waals surface area contributed by atoms with Gasteiger partial charge in [-0.15, -0.1) is 0 Å². The maximum absolute atomic E-state index is 12.0. The molecule has 8 heteroatoms. The number of pyridine rings is 1. The number of halogens is 2. The minimum atomic E-state index is -3.06. The van der Waals surface area contributed by atoms with E-state index in [4.69, 9.17) is 23.2 Å². The molecule has 0 aromatic carbocycles. The molecule has 1 aromatic heterocycles. The van der Waals surface area contributed by atoms with Crippen LogP contribution in [0.3, 0.4) is 0 Å². The smallest absolute Gasteiger partial charge is 0.251 e. The SMILES string of the molecule is O=C(NC1CCCS(=O)(=O)C1)c1cc(Cl)nc(Cl)c1. The molecule has 2 heterocycles. The van der Waals surface area contributed by atoms with Crippen molar-refractivity contribution < 1.29 is 13.2 Å². The third kappa shape index (κ3) is 4.06. The third-order valence-electron chi connectivity index (χ3n) is 2.82. The highest BCUT2D eigenvalue weighted by molar-refractivity contribution is 7.91. The zero-order valence-corrected chi connectivity index (χ0v) is 12.2. The standard InChI is InChI=1S/C11H12Cl2N2O3S/c12-9-4-7(5-10(13)15-9)11(16)14-8-2-1-3-19(17,18)6-8/h4-5,8H,1-3,6H2,(H,14,16). The number of nitrogens with zero attached hydrogens (tertiary/aromatic N) is 1. The van der Waals surface area contributed by atoms with Gasteiger partial charge in [0.2, 0.25) is 0 Å². The quantitative estimate of drug-likeness (QED) is 0.841. The number of hydrogen-bond acceptors (Lipinski definition) is 4. The Balaban J connectivity index is 2.08. The van der Waals surface area contributed by atoms with Crippen LogP contribution < -0.4 is 5.32 Å². The van der Waals surface area contributed by atoms with Crippen LogP contribution in [0.5, 0.6) is 0 Å². The lowest BCUT2D eigenvalue weighted by atomic mass is 10.1. The lowest BCUT2D eigenvalue weighted by Crippen LogP contribution is -2.43. The Hall–Kier alpha value is -0.850. The molecule has 1 atom stereocenters. The Kier molecular flexibility index (Phi) is 4.32. The summed E-state index contributed by atoms with van der Waals surface area (Å²) in [5.74, 6) is -0.231. The fourth-order valence-electron chi connectivity index (χ4n) is 2.00. The number of sulfone groups is 1. The Bertz CT molecular complexity index is 584. The Morgan fingerprint density at radius 3 is 2.53 bits per heavy atom. The molecule has 19 heavy (non-hydrogen) atoms. The summed E-state index contributed by atoms with van der Waals surface area (Å²) in [5, 5.41) is 2.92. The van der Waals surface area contributed by atoms with Crippen molar-refractivity contribution in [2.75, 3.05) is 11.5 Å². The summed E-state index contributed by atoms with van der Waals surface area (Å²) in [5.41, 5.74) is 0.271. The highest BCUT2D eigenvalue weighted by Gasteiger charge is 2.26. The van der Waals surface area contributed by atoms with Gasteiger partial charge in [0.1, 0.15) is 10.3 Å². The molecule has 1 fully saturated rings. The van der Waals surface area contributed by atoms with Gasteiger partial charge in [-0.2, -0.15) is 0 Å². The molecule has 1 saturated heterocycles. The van der Waals surface area contributed by atoms with E-state index in [9.17, 15) is 13.2 Å². The second-order valence-corrected chi connectivity index (χ2v) is 7.43. The molecule has 2 rings (SSSR count). The molecule has 1 aliphatic rings. The first kappa shape index (κ1) is 14.6. The number of amides is 1. The summed E-state index contributed by atoms with van der Waals surface area (Å²) < 4.78 is 23.0. The van der Waals surface area contributed by atoms with Gasteiger partial charge >= 0.3 is 0 Å². The highest BCUT2D eigenvalue weighted by Crippen LogP contribution is 2.16. The van der Waals surface area contributed by atoms with E-state index in [0.717, 1.165) is 0 Å². The maximum atomic E-state index is 12.0. The van der Waals surface area contributed by atoms with Crippen LogP contribution in [0.4, 0.5) is 0 Å². The van der Waals surface area contributed by atoms with E-state index in [1.807, 2.05) is 0 Å². The van der Waals surface area contributed by atoms with Crippen LogP contribution in [-0.4, -0.2) is 36.9 Å². The maximum Gasteiger partial charge on any atom is 0.251 e. The first-order valence-electron chi connectivity index (χ1n) is 5.70. The Morgan fingerprint density at radius 1 is 1.32 bits per heavy atom. The van der Waals surface area contributed by atoms with E-state index in [2.05, 4.69) is 10.3 Å². The van der Waals surface area contributed by atoms with Crippen molar-refractivity contribution in [2.45, 2.75) is 18.9 Å². The molecule has 5 nitrogen and oxygen atoms in total. The second kappa shape index (κ2) is 5.64. The van der Waals surface area contributed by atoms with Crippen LogP contribution in [0.15, 0.2) is 12.1 Å². The normalized spacial score (nSPS) is 21.9. The van der Waals surface area contributed by atoms with E-state index in [0.29, 0.717) is 12.8 Å². The lowest BCUT2D eigenvalue weighted by Gasteiger charge is -2.23. The summed E-state index contributed by atoms with van der Waals surface area (Å²) in [7, 11) is -3.06. The molecule has 104 valence electrons. The van der Waals surface area contributed by atoms with Gasteiger partial charge in [-0.25, -0.2) is 13.4 Å². The summed E-state index contributed by atoms with van der Waals surface area (Å²) in [6.45, 7) is 0. The van der Waals surface area contributed by atoms with Gasteiger partial charge in [0, 0.05) is 11.6 Å². The van der Waals surface area contributed by atoms with E-state index >= 15 is 0 Å². The van der Waals surface area contributed by atoms with Gasteiger partial charge < -0.3 is 5.32 Å². The van der Waals surface area contributed by atoms with Gasteiger partial charge in [-0.3, -0.25) is 4.79 Å². The summed E-state index contributed by atoms with van der Waals surface area (Å²) in [4.78, 5) is 15.7. The molecular formula is C11H12Cl2N2O3S. The molecule has 0 saturated carbocycles. The number of nitrogens with one attached hydrogen (secondary N) is 1. The van der Waals surface area contributed by atoms with Crippen LogP contribution in [0.1, 0.15) is 23.2 Å². The van der Waals surface area contributed by atoms with Crippen LogP contribution in [0.2, 0.25) is 10.3 Å². The second-order valence-electron chi connectivity index (χ2n) is 4.43. The fraction of sp³-hybridized carbons (Fsp3) is 0.455. The first-order chi connectivity index (χ1) is 8.85. The van der Waals surface area contributed by atoms with Gasteiger partial charge in [0.15, 0.2) is 9.84 Å². The molecular weight excluding hydrogens is 311 g/mol. The number of aromatic nitrogens is 1. The van der Waals surface area contributed by atoms with Crippen molar-refractivity contribution >= 4 is 38.9 Å². The number of carbonyl (C=O) groups is 1.